The average molecular weight is 653 g/mol. The lowest BCUT2D eigenvalue weighted by atomic mass is 9.74. The number of hydrogen-bond acceptors (Lipinski definition) is 6. The highest BCUT2D eigenvalue weighted by molar-refractivity contribution is 5.88. The number of esters is 2. The fourth-order valence-electron chi connectivity index (χ4n) is 6.67. The summed E-state index contributed by atoms with van der Waals surface area (Å²) in [6, 6.07) is 24.9. The molecular formula is C42H52O6. The SMILES string of the molecule is C=C(CO)C(=O)OCC(COC(=O)C(=C)CO)C1CCC(c2ccc(-c3ccc(-c4ccc(CCCCC)cc4)c(CC)c3)cc2)CC1. The Balaban J connectivity index is 1.38. The summed E-state index contributed by atoms with van der Waals surface area (Å²) < 4.78 is 10.8. The maximum absolute atomic E-state index is 12.2. The van der Waals surface area contributed by atoms with Crippen molar-refractivity contribution in [2.24, 2.45) is 11.8 Å². The summed E-state index contributed by atoms with van der Waals surface area (Å²) in [6.07, 6.45) is 9.62. The largest absolute Gasteiger partial charge is 0.462 e. The third kappa shape index (κ3) is 10.0. The highest BCUT2D eigenvalue weighted by Crippen LogP contribution is 2.40. The molecular weight excluding hydrogens is 600 g/mol. The third-order valence-corrected chi connectivity index (χ3v) is 9.79. The Hall–Kier alpha value is -4.00. The molecule has 0 bridgehead atoms. The second-order valence-corrected chi connectivity index (χ2v) is 13.1. The van der Waals surface area contributed by atoms with Crippen molar-refractivity contribution >= 4 is 11.9 Å². The fourth-order valence-corrected chi connectivity index (χ4v) is 6.67. The summed E-state index contributed by atoms with van der Waals surface area (Å²) >= 11 is 0. The molecule has 256 valence electrons. The van der Waals surface area contributed by atoms with Crippen molar-refractivity contribution in [3.05, 3.63) is 108 Å². The van der Waals surface area contributed by atoms with Crippen LogP contribution in [0.4, 0.5) is 0 Å². The lowest BCUT2D eigenvalue weighted by molar-refractivity contribution is -0.146. The highest BCUT2D eigenvalue weighted by Gasteiger charge is 2.30. The fraction of sp³-hybridized carbons (Fsp3) is 0.429. The second-order valence-electron chi connectivity index (χ2n) is 13.1. The molecule has 3 aromatic rings. The number of benzene rings is 3. The number of ether oxygens (including phenoxy) is 2. The molecule has 0 amide bonds. The number of unbranched alkanes of at least 4 members (excludes halogenated alkanes) is 2. The van der Waals surface area contributed by atoms with Crippen LogP contribution in [-0.4, -0.2) is 48.6 Å². The van der Waals surface area contributed by atoms with Gasteiger partial charge in [0.05, 0.1) is 37.6 Å². The molecule has 0 aromatic heterocycles. The van der Waals surface area contributed by atoms with E-state index in [4.69, 9.17) is 9.47 Å². The van der Waals surface area contributed by atoms with E-state index in [2.05, 4.69) is 93.7 Å². The van der Waals surface area contributed by atoms with Crippen molar-refractivity contribution in [3.8, 4) is 22.3 Å². The van der Waals surface area contributed by atoms with E-state index in [-0.39, 0.29) is 36.2 Å². The monoisotopic (exact) mass is 652 g/mol. The number of aliphatic hydroxyl groups is 2. The Morgan fingerprint density at radius 2 is 1.31 bits per heavy atom. The summed E-state index contributed by atoms with van der Waals surface area (Å²) in [5.41, 5.74) is 9.04. The molecule has 0 atom stereocenters. The van der Waals surface area contributed by atoms with Crippen LogP contribution in [0.1, 0.15) is 81.4 Å². The summed E-state index contributed by atoms with van der Waals surface area (Å²) in [7, 11) is 0. The maximum Gasteiger partial charge on any atom is 0.335 e. The van der Waals surface area contributed by atoms with Crippen LogP contribution in [0.15, 0.2) is 91.0 Å². The van der Waals surface area contributed by atoms with E-state index >= 15 is 0 Å². The molecule has 6 heteroatoms. The first kappa shape index (κ1) is 36.8. The van der Waals surface area contributed by atoms with Gasteiger partial charge in [0, 0.05) is 5.92 Å². The van der Waals surface area contributed by atoms with Gasteiger partial charge in [0.1, 0.15) is 0 Å². The molecule has 3 aromatic carbocycles. The second kappa shape index (κ2) is 18.5. The van der Waals surface area contributed by atoms with Gasteiger partial charge in [-0.15, -0.1) is 0 Å². The van der Waals surface area contributed by atoms with Crippen LogP contribution in [0.2, 0.25) is 0 Å². The smallest absolute Gasteiger partial charge is 0.335 e. The predicted molar refractivity (Wildman–Crippen MR) is 192 cm³/mol. The first-order chi connectivity index (χ1) is 23.3. The zero-order valence-corrected chi connectivity index (χ0v) is 28.7. The molecule has 2 N–H and O–H groups in total. The minimum Gasteiger partial charge on any atom is -0.462 e. The number of carbonyl (C=O) groups is 2. The van der Waals surface area contributed by atoms with E-state index in [0.717, 1.165) is 38.5 Å². The molecule has 48 heavy (non-hydrogen) atoms. The molecule has 0 spiro atoms. The Morgan fingerprint density at radius 1 is 0.750 bits per heavy atom. The van der Waals surface area contributed by atoms with Crippen molar-refractivity contribution in [3.63, 3.8) is 0 Å². The van der Waals surface area contributed by atoms with Gasteiger partial charge >= 0.3 is 11.9 Å². The van der Waals surface area contributed by atoms with E-state index in [1.54, 1.807) is 0 Å². The molecule has 0 saturated heterocycles. The van der Waals surface area contributed by atoms with Crippen LogP contribution in [-0.2, 0) is 31.9 Å². The summed E-state index contributed by atoms with van der Waals surface area (Å²) in [4.78, 5) is 24.3. The van der Waals surface area contributed by atoms with Gasteiger partial charge in [0.25, 0.3) is 0 Å². The molecule has 1 aliphatic carbocycles. The minimum absolute atomic E-state index is 0.0174. The number of hydrogen-bond donors (Lipinski definition) is 2. The Kier molecular flexibility index (Phi) is 14.2. The van der Waals surface area contributed by atoms with Gasteiger partial charge in [0.2, 0.25) is 0 Å². The van der Waals surface area contributed by atoms with E-state index in [9.17, 15) is 19.8 Å². The molecule has 0 aliphatic heterocycles. The van der Waals surface area contributed by atoms with Crippen molar-refractivity contribution in [2.75, 3.05) is 26.4 Å². The number of aliphatic hydroxyl groups excluding tert-OH is 2. The van der Waals surface area contributed by atoms with Crippen LogP contribution >= 0.6 is 0 Å². The Morgan fingerprint density at radius 3 is 1.85 bits per heavy atom. The normalized spacial score (nSPS) is 16.0. The van der Waals surface area contributed by atoms with Gasteiger partial charge in [-0.25, -0.2) is 9.59 Å². The number of aryl methyl sites for hydroxylation is 2. The first-order valence-corrected chi connectivity index (χ1v) is 17.5. The van der Waals surface area contributed by atoms with Crippen molar-refractivity contribution < 1.29 is 29.3 Å². The zero-order chi connectivity index (χ0) is 34.5. The van der Waals surface area contributed by atoms with Crippen LogP contribution < -0.4 is 0 Å². The quantitative estimate of drug-likeness (QED) is 0.0865. The van der Waals surface area contributed by atoms with Gasteiger partial charge in [0.15, 0.2) is 0 Å². The van der Waals surface area contributed by atoms with Gasteiger partial charge in [-0.3, -0.25) is 0 Å². The minimum atomic E-state index is -0.658. The van der Waals surface area contributed by atoms with Crippen LogP contribution in [0.25, 0.3) is 22.3 Å². The van der Waals surface area contributed by atoms with Crippen LogP contribution in [0, 0.1) is 11.8 Å². The molecule has 1 fully saturated rings. The lowest BCUT2D eigenvalue weighted by Crippen LogP contribution is -2.31. The molecule has 0 unspecified atom stereocenters. The van der Waals surface area contributed by atoms with Crippen LogP contribution in [0.5, 0.6) is 0 Å². The first-order valence-electron chi connectivity index (χ1n) is 17.5. The van der Waals surface area contributed by atoms with Crippen molar-refractivity contribution in [1.29, 1.82) is 0 Å². The standard InChI is InChI=1S/C42H52O6/c1-5-7-8-9-31-10-12-37(13-11-31)40-23-22-38(24-32(40)6-2)35-18-14-33(15-19-35)34-16-20-36(21-17-34)39(27-47-41(45)29(3)25-43)28-48-42(46)30(4)26-44/h10-15,18-19,22-24,34,36,39,43-44H,3-9,16-17,20-21,25-28H2,1-2H3. The third-order valence-electron chi connectivity index (χ3n) is 9.79. The lowest BCUT2D eigenvalue weighted by Gasteiger charge is -2.33. The van der Waals surface area contributed by atoms with Gasteiger partial charge < -0.3 is 19.7 Å². The number of rotatable bonds is 17. The zero-order valence-electron chi connectivity index (χ0n) is 28.7. The predicted octanol–water partition coefficient (Wildman–Crippen LogP) is 8.39. The summed E-state index contributed by atoms with van der Waals surface area (Å²) in [5, 5.41) is 18.4. The van der Waals surface area contributed by atoms with E-state index in [0.29, 0.717) is 5.92 Å². The summed E-state index contributed by atoms with van der Waals surface area (Å²) in [5.74, 6) is -0.916. The van der Waals surface area contributed by atoms with Gasteiger partial charge in [-0.05, 0) is 95.7 Å². The number of carbonyl (C=O) groups excluding carboxylic acids is 2. The van der Waals surface area contributed by atoms with E-state index < -0.39 is 25.2 Å². The Labute approximate surface area is 286 Å². The molecule has 1 saturated carbocycles. The summed E-state index contributed by atoms with van der Waals surface area (Å²) in [6.45, 7) is 10.7. The maximum atomic E-state index is 12.2. The van der Waals surface area contributed by atoms with Gasteiger partial charge in [-0.1, -0.05) is 107 Å². The van der Waals surface area contributed by atoms with E-state index in [1.165, 1.54) is 58.2 Å². The topological polar surface area (TPSA) is 93.1 Å². The molecule has 1 aliphatic rings. The highest BCUT2D eigenvalue weighted by atomic mass is 16.5. The van der Waals surface area contributed by atoms with Crippen molar-refractivity contribution in [1.82, 2.24) is 0 Å². The van der Waals surface area contributed by atoms with E-state index in [1.807, 2.05) is 0 Å². The average Bonchev–Trinajstić information content (AvgIpc) is 3.14. The van der Waals surface area contributed by atoms with Crippen LogP contribution in [0.3, 0.4) is 0 Å². The molecule has 0 radical (unpaired) electrons. The molecule has 0 heterocycles. The molecule has 4 rings (SSSR count). The van der Waals surface area contributed by atoms with Crippen molar-refractivity contribution in [2.45, 2.75) is 77.6 Å². The molecule has 6 nitrogen and oxygen atoms in total. The van der Waals surface area contributed by atoms with Gasteiger partial charge in [-0.2, -0.15) is 0 Å². The Bertz CT molecular complexity index is 1480.